The van der Waals surface area contributed by atoms with Crippen molar-refractivity contribution in [3.8, 4) is 11.1 Å². The van der Waals surface area contributed by atoms with Crippen molar-refractivity contribution in [3.63, 3.8) is 0 Å². The minimum absolute atomic E-state index is 0.194. The summed E-state index contributed by atoms with van der Waals surface area (Å²) in [5, 5.41) is 4.44. The van der Waals surface area contributed by atoms with Crippen molar-refractivity contribution in [1.82, 2.24) is 14.7 Å². The molecule has 0 N–H and O–H groups in total. The van der Waals surface area contributed by atoms with Crippen LogP contribution in [0.5, 0.6) is 0 Å². The number of rotatable bonds is 5. The molecule has 3 amide bonds. The second-order valence-corrected chi connectivity index (χ2v) is 8.91. The molecule has 182 valence electrons. The van der Waals surface area contributed by atoms with Crippen LogP contribution in [0.25, 0.3) is 11.1 Å². The number of ether oxygens (including phenoxy) is 2. The van der Waals surface area contributed by atoms with E-state index in [-0.39, 0.29) is 24.6 Å². The molecular weight excluding hydrogens is 438 g/mol. The fourth-order valence-electron chi connectivity index (χ4n) is 4.42. The van der Waals surface area contributed by atoms with Crippen LogP contribution in [0, 0.1) is 0 Å². The number of amides is 3. The highest BCUT2D eigenvalue weighted by atomic mass is 16.6. The third kappa shape index (κ3) is 4.71. The molecule has 0 unspecified atom stereocenters. The molecule has 1 fully saturated rings. The van der Waals surface area contributed by atoms with E-state index in [1.54, 1.807) is 29.8 Å². The van der Waals surface area contributed by atoms with Gasteiger partial charge in [0.2, 0.25) is 5.91 Å². The molecule has 4 rings (SSSR count). The van der Waals surface area contributed by atoms with Gasteiger partial charge >= 0.3 is 12.2 Å². The highest BCUT2D eigenvalue weighted by Gasteiger charge is 2.36. The molecule has 2 aromatic rings. The van der Waals surface area contributed by atoms with E-state index >= 15 is 0 Å². The lowest BCUT2D eigenvalue weighted by Crippen LogP contribution is -2.52. The summed E-state index contributed by atoms with van der Waals surface area (Å²) in [6.07, 6.45) is 3.99. The van der Waals surface area contributed by atoms with Crippen LogP contribution in [-0.4, -0.2) is 71.7 Å². The van der Waals surface area contributed by atoms with Crippen LogP contribution in [0.4, 0.5) is 21.0 Å². The van der Waals surface area contributed by atoms with Crippen LogP contribution in [0.2, 0.25) is 0 Å². The lowest BCUT2D eigenvalue weighted by atomic mass is 10.0. The fourth-order valence-corrected chi connectivity index (χ4v) is 4.42. The lowest BCUT2D eigenvalue weighted by molar-refractivity contribution is -0.127. The van der Waals surface area contributed by atoms with Crippen molar-refractivity contribution in [3.05, 3.63) is 30.6 Å². The Hall–Kier alpha value is -3.56. The number of likely N-dealkylation sites (tertiary alicyclic amines) is 1. The molecule has 1 aromatic carbocycles. The van der Waals surface area contributed by atoms with Gasteiger partial charge in [0.1, 0.15) is 0 Å². The summed E-state index contributed by atoms with van der Waals surface area (Å²) in [5.41, 5.74) is 2.87. The van der Waals surface area contributed by atoms with Crippen LogP contribution >= 0.6 is 0 Å². The Bertz CT molecular complexity index is 1080. The molecule has 0 aliphatic carbocycles. The van der Waals surface area contributed by atoms with Gasteiger partial charge in [-0.2, -0.15) is 5.10 Å². The number of aromatic nitrogens is 2. The number of carbonyl (C=O) groups is 3. The molecule has 2 aliphatic heterocycles. The van der Waals surface area contributed by atoms with E-state index in [1.807, 2.05) is 40.9 Å². The summed E-state index contributed by atoms with van der Waals surface area (Å²) in [6.45, 7) is 7.77. The van der Waals surface area contributed by atoms with E-state index in [2.05, 4.69) is 5.10 Å². The standard InChI is InChI=1S/C24H31N5O5/c1-16(2)34-23(31)28-14-17(3)29(24(32)33-4)20-8-7-18(12-21(20)28)19-13-25-27(15-19)11-10-26-9-5-6-22(26)30/h7-8,12-13,15-17H,5-6,9-11,14H2,1-4H3/t17-/m0/s1. The predicted molar refractivity (Wildman–Crippen MR) is 127 cm³/mol. The first-order valence-electron chi connectivity index (χ1n) is 11.6. The highest BCUT2D eigenvalue weighted by molar-refractivity contribution is 6.01. The third-order valence-corrected chi connectivity index (χ3v) is 6.08. The van der Waals surface area contributed by atoms with Gasteiger partial charge in [0, 0.05) is 31.3 Å². The van der Waals surface area contributed by atoms with Crippen molar-refractivity contribution < 1.29 is 23.9 Å². The Kier molecular flexibility index (Phi) is 6.76. The topological polar surface area (TPSA) is 97.2 Å². The molecular formula is C24H31N5O5. The largest absolute Gasteiger partial charge is 0.452 e. The average molecular weight is 470 g/mol. The molecule has 1 saturated heterocycles. The predicted octanol–water partition coefficient (Wildman–Crippen LogP) is 3.50. The Morgan fingerprint density at radius 1 is 1.15 bits per heavy atom. The maximum atomic E-state index is 12.9. The van der Waals surface area contributed by atoms with Gasteiger partial charge in [-0.3, -0.25) is 19.3 Å². The average Bonchev–Trinajstić information content (AvgIpc) is 3.44. The van der Waals surface area contributed by atoms with Crippen molar-refractivity contribution >= 4 is 29.5 Å². The second kappa shape index (κ2) is 9.74. The number of hydrogen-bond acceptors (Lipinski definition) is 6. The first kappa shape index (κ1) is 23.6. The zero-order valence-electron chi connectivity index (χ0n) is 20.1. The molecule has 10 heteroatoms. The van der Waals surface area contributed by atoms with Crippen molar-refractivity contribution in [1.29, 1.82) is 0 Å². The van der Waals surface area contributed by atoms with Gasteiger partial charge in [0.15, 0.2) is 0 Å². The fraction of sp³-hybridized carbons (Fsp3) is 0.500. The maximum absolute atomic E-state index is 12.9. The van der Waals surface area contributed by atoms with E-state index < -0.39 is 12.2 Å². The van der Waals surface area contributed by atoms with E-state index in [4.69, 9.17) is 9.47 Å². The van der Waals surface area contributed by atoms with Crippen molar-refractivity contribution in [2.45, 2.75) is 52.3 Å². The quantitative estimate of drug-likeness (QED) is 0.665. The number of methoxy groups -OCH3 is 1. The molecule has 1 atom stereocenters. The van der Waals surface area contributed by atoms with Gasteiger partial charge < -0.3 is 14.4 Å². The summed E-state index contributed by atoms with van der Waals surface area (Å²) < 4.78 is 12.3. The summed E-state index contributed by atoms with van der Waals surface area (Å²) in [5.74, 6) is 0.194. The molecule has 1 aromatic heterocycles. The number of fused-ring (bicyclic) bond motifs is 1. The molecule has 0 radical (unpaired) electrons. The monoisotopic (exact) mass is 469 g/mol. The number of nitrogens with zero attached hydrogens (tertiary/aromatic N) is 5. The molecule has 0 saturated carbocycles. The van der Waals surface area contributed by atoms with E-state index in [9.17, 15) is 14.4 Å². The van der Waals surface area contributed by atoms with E-state index in [0.29, 0.717) is 30.9 Å². The molecule has 34 heavy (non-hydrogen) atoms. The molecule has 10 nitrogen and oxygen atoms in total. The van der Waals surface area contributed by atoms with Crippen LogP contribution < -0.4 is 9.80 Å². The van der Waals surface area contributed by atoms with Crippen molar-refractivity contribution in [2.75, 3.05) is 36.5 Å². The van der Waals surface area contributed by atoms with Gasteiger partial charge in [-0.25, -0.2) is 9.59 Å². The van der Waals surface area contributed by atoms with E-state index in [1.165, 1.54) is 7.11 Å². The minimum atomic E-state index is -0.484. The Balaban J connectivity index is 1.62. The summed E-state index contributed by atoms with van der Waals surface area (Å²) >= 11 is 0. The maximum Gasteiger partial charge on any atom is 0.414 e. The van der Waals surface area contributed by atoms with Gasteiger partial charge in [0.25, 0.3) is 0 Å². The van der Waals surface area contributed by atoms with Gasteiger partial charge in [-0.05, 0) is 44.9 Å². The first-order valence-corrected chi connectivity index (χ1v) is 11.6. The summed E-state index contributed by atoms with van der Waals surface area (Å²) in [6, 6.07) is 5.28. The van der Waals surface area contributed by atoms with E-state index in [0.717, 1.165) is 24.1 Å². The number of anilines is 2. The second-order valence-electron chi connectivity index (χ2n) is 8.91. The van der Waals surface area contributed by atoms with Crippen LogP contribution in [0.3, 0.4) is 0 Å². The lowest BCUT2D eigenvalue weighted by Gasteiger charge is -2.40. The zero-order valence-corrected chi connectivity index (χ0v) is 20.1. The van der Waals surface area contributed by atoms with Gasteiger partial charge in [0.05, 0.1) is 49.9 Å². The summed E-state index contributed by atoms with van der Waals surface area (Å²) in [4.78, 5) is 42.2. The van der Waals surface area contributed by atoms with Crippen LogP contribution in [0.15, 0.2) is 30.6 Å². The molecule has 3 heterocycles. The first-order chi connectivity index (χ1) is 16.3. The number of hydrogen-bond donors (Lipinski definition) is 0. The molecule has 2 aliphatic rings. The number of benzene rings is 1. The normalized spacial score (nSPS) is 17.9. The zero-order chi connectivity index (χ0) is 24.4. The van der Waals surface area contributed by atoms with Gasteiger partial charge in [-0.1, -0.05) is 6.07 Å². The van der Waals surface area contributed by atoms with Crippen molar-refractivity contribution in [2.24, 2.45) is 0 Å². The molecule has 0 bridgehead atoms. The smallest absolute Gasteiger partial charge is 0.414 e. The summed E-state index contributed by atoms with van der Waals surface area (Å²) in [7, 11) is 1.34. The Morgan fingerprint density at radius 2 is 1.94 bits per heavy atom. The third-order valence-electron chi connectivity index (χ3n) is 6.08. The van der Waals surface area contributed by atoms with Crippen LogP contribution in [0.1, 0.15) is 33.6 Å². The Labute approximate surface area is 199 Å². The van der Waals surface area contributed by atoms with Gasteiger partial charge in [-0.15, -0.1) is 0 Å². The van der Waals surface area contributed by atoms with Crippen LogP contribution in [-0.2, 0) is 20.8 Å². The highest BCUT2D eigenvalue weighted by Crippen LogP contribution is 2.39. The SMILES string of the molecule is COC(=O)N1c2ccc(-c3cnn(CCN4CCCC4=O)c3)cc2N(C(=O)OC(C)C)C[C@@H]1C. The minimum Gasteiger partial charge on any atom is -0.452 e. The Morgan fingerprint density at radius 3 is 2.62 bits per heavy atom. The molecule has 0 spiro atoms. The number of carbonyl (C=O) groups excluding carboxylic acids is 3.